The van der Waals surface area contributed by atoms with Crippen molar-refractivity contribution in [1.82, 2.24) is 10.2 Å². The molecule has 28 heavy (non-hydrogen) atoms. The zero-order valence-corrected chi connectivity index (χ0v) is 16.7. The van der Waals surface area contributed by atoms with E-state index in [0.29, 0.717) is 19.6 Å². The van der Waals surface area contributed by atoms with E-state index in [1.54, 1.807) is 31.2 Å². The number of aliphatic hydroxyl groups excluding tert-OH is 1. The quantitative estimate of drug-likeness (QED) is 0.565. The molecule has 2 N–H and O–H groups in total. The lowest BCUT2D eigenvalue weighted by Gasteiger charge is -2.09. The van der Waals surface area contributed by atoms with Crippen LogP contribution in [0.25, 0.3) is 22.4 Å². The molecule has 148 valence electrons. The Morgan fingerprint density at radius 3 is 2.36 bits per heavy atom. The maximum atomic E-state index is 11.7. The first-order chi connectivity index (χ1) is 13.4. The second-order valence-corrected chi connectivity index (χ2v) is 8.79. The lowest BCUT2D eigenvalue weighted by Crippen LogP contribution is -2.06. The summed E-state index contributed by atoms with van der Waals surface area (Å²) in [6.45, 7) is 2.48. The van der Waals surface area contributed by atoms with Crippen molar-refractivity contribution in [3.63, 3.8) is 0 Å². The average molecular weight is 401 g/mol. The zero-order chi connectivity index (χ0) is 20.1. The van der Waals surface area contributed by atoms with Crippen molar-refractivity contribution in [3.05, 3.63) is 60.3 Å². The summed E-state index contributed by atoms with van der Waals surface area (Å²) in [5.41, 5.74) is 4.32. The van der Waals surface area contributed by atoms with Gasteiger partial charge < -0.3 is 9.84 Å². The van der Waals surface area contributed by atoms with Gasteiger partial charge in [0, 0.05) is 24.0 Å². The van der Waals surface area contributed by atoms with E-state index in [1.165, 1.54) is 6.26 Å². The molecule has 0 aliphatic rings. The van der Waals surface area contributed by atoms with Gasteiger partial charge in [-0.2, -0.15) is 5.10 Å². The summed E-state index contributed by atoms with van der Waals surface area (Å²) >= 11 is 0. The molecule has 3 rings (SSSR count). The Labute approximate surface area is 165 Å². The predicted octanol–water partition coefficient (Wildman–Crippen LogP) is 3.43. The van der Waals surface area contributed by atoms with Crippen molar-refractivity contribution >= 4 is 9.84 Å². The van der Waals surface area contributed by atoms with Gasteiger partial charge in [-0.05, 0) is 31.0 Å². The summed E-state index contributed by atoms with van der Waals surface area (Å²) in [6.07, 6.45) is 1.35. The summed E-state index contributed by atoms with van der Waals surface area (Å²) in [4.78, 5) is 0.277. The number of ether oxygens (including phenoxy) is 1. The van der Waals surface area contributed by atoms with Crippen LogP contribution in [0, 0.1) is 0 Å². The molecule has 0 saturated carbocycles. The normalized spacial score (nSPS) is 12.8. The summed E-state index contributed by atoms with van der Waals surface area (Å²) in [5, 5.41) is 16.9. The van der Waals surface area contributed by atoms with Crippen LogP contribution in [0.3, 0.4) is 0 Å². The van der Waals surface area contributed by atoms with E-state index < -0.39 is 15.9 Å². The van der Waals surface area contributed by atoms with Crippen molar-refractivity contribution in [2.75, 3.05) is 12.9 Å². The minimum atomic E-state index is -3.25. The molecule has 7 heteroatoms. The Balaban J connectivity index is 1.95. The molecule has 3 aromatic rings. The summed E-state index contributed by atoms with van der Waals surface area (Å²) in [5.74, 6) is 0. The summed E-state index contributed by atoms with van der Waals surface area (Å²) in [7, 11) is -3.25. The molecule has 0 aliphatic heterocycles. The predicted molar refractivity (Wildman–Crippen MR) is 109 cm³/mol. The molecule has 1 atom stereocenters. The molecule has 0 bridgehead atoms. The van der Waals surface area contributed by atoms with E-state index in [1.807, 2.05) is 30.3 Å². The minimum Gasteiger partial charge on any atom is -0.393 e. The van der Waals surface area contributed by atoms with Crippen LogP contribution in [0.5, 0.6) is 0 Å². The second kappa shape index (κ2) is 8.68. The van der Waals surface area contributed by atoms with Crippen LogP contribution in [-0.2, 0) is 21.2 Å². The molecule has 2 aromatic carbocycles. The molecule has 0 amide bonds. The number of aromatic nitrogens is 2. The summed E-state index contributed by atoms with van der Waals surface area (Å²) in [6, 6.07) is 16.6. The van der Waals surface area contributed by atoms with Gasteiger partial charge in [0.05, 0.1) is 29.0 Å². The smallest absolute Gasteiger partial charge is 0.175 e. The van der Waals surface area contributed by atoms with E-state index in [0.717, 1.165) is 28.1 Å². The fraction of sp³-hybridized carbons (Fsp3) is 0.286. The van der Waals surface area contributed by atoms with Crippen LogP contribution in [0.4, 0.5) is 0 Å². The number of H-pyrrole nitrogens is 1. The fourth-order valence-electron chi connectivity index (χ4n) is 2.90. The minimum absolute atomic E-state index is 0.277. The molecule has 0 saturated heterocycles. The first kappa shape index (κ1) is 20.3. The molecule has 1 heterocycles. The average Bonchev–Trinajstić information content (AvgIpc) is 3.09. The highest BCUT2D eigenvalue weighted by Gasteiger charge is 2.17. The monoisotopic (exact) mass is 400 g/mol. The first-order valence-electron chi connectivity index (χ1n) is 9.05. The third-order valence-electron chi connectivity index (χ3n) is 4.39. The SMILES string of the molecule is CC(O)CCOCc1n[nH]c(-c2ccc(S(C)(=O)=O)cc2)c1-c1ccccc1. The number of hydrogen-bond acceptors (Lipinski definition) is 5. The molecule has 0 spiro atoms. The van der Waals surface area contributed by atoms with Crippen molar-refractivity contribution in [1.29, 1.82) is 0 Å². The van der Waals surface area contributed by atoms with Gasteiger partial charge in [0.1, 0.15) is 0 Å². The van der Waals surface area contributed by atoms with Crippen molar-refractivity contribution in [2.45, 2.75) is 31.0 Å². The second-order valence-electron chi connectivity index (χ2n) is 6.77. The van der Waals surface area contributed by atoms with Crippen LogP contribution in [0.2, 0.25) is 0 Å². The zero-order valence-electron chi connectivity index (χ0n) is 15.9. The molecule has 0 fully saturated rings. The molecule has 1 unspecified atom stereocenters. The van der Waals surface area contributed by atoms with E-state index >= 15 is 0 Å². The topological polar surface area (TPSA) is 92.3 Å². The third kappa shape index (κ3) is 4.86. The van der Waals surface area contributed by atoms with Gasteiger partial charge in [0.2, 0.25) is 0 Å². The van der Waals surface area contributed by atoms with Crippen molar-refractivity contribution < 1.29 is 18.3 Å². The number of nitrogens with one attached hydrogen (secondary N) is 1. The fourth-order valence-corrected chi connectivity index (χ4v) is 3.53. The highest BCUT2D eigenvalue weighted by atomic mass is 32.2. The van der Waals surface area contributed by atoms with Crippen LogP contribution >= 0.6 is 0 Å². The standard InChI is InChI=1S/C21H24N2O4S/c1-15(24)12-13-27-14-19-20(16-6-4-3-5-7-16)21(23-22-19)17-8-10-18(11-9-17)28(2,25)26/h3-11,15,24H,12-14H2,1-2H3,(H,22,23). The number of sulfone groups is 1. The molecular formula is C21H24N2O4S. The van der Waals surface area contributed by atoms with Gasteiger partial charge in [-0.1, -0.05) is 42.5 Å². The van der Waals surface area contributed by atoms with Crippen LogP contribution < -0.4 is 0 Å². The highest BCUT2D eigenvalue weighted by molar-refractivity contribution is 7.90. The van der Waals surface area contributed by atoms with Crippen LogP contribution in [0.15, 0.2) is 59.5 Å². The lowest BCUT2D eigenvalue weighted by atomic mass is 9.99. The molecule has 6 nitrogen and oxygen atoms in total. The van der Waals surface area contributed by atoms with Crippen LogP contribution in [0.1, 0.15) is 19.0 Å². The first-order valence-corrected chi connectivity index (χ1v) is 10.9. The number of aromatic amines is 1. The van der Waals surface area contributed by atoms with Gasteiger partial charge in [0.15, 0.2) is 9.84 Å². The van der Waals surface area contributed by atoms with Gasteiger partial charge in [-0.3, -0.25) is 5.10 Å². The molecular weight excluding hydrogens is 376 g/mol. The van der Waals surface area contributed by atoms with E-state index in [9.17, 15) is 13.5 Å². The lowest BCUT2D eigenvalue weighted by molar-refractivity contribution is 0.0787. The molecule has 0 aliphatic carbocycles. The number of benzene rings is 2. The Bertz CT molecular complexity index is 1010. The Hall–Kier alpha value is -2.48. The van der Waals surface area contributed by atoms with Gasteiger partial charge in [0.25, 0.3) is 0 Å². The Morgan fingerprint density at radius 1 is 1.07 bits per heavy atom. The maximum Gasteiger partial charge on any atom is 0.175 e. The number of hydrogen-bond donors (Lipinski definition) is 2. The van der Waals surface area contributed by atoms with Crippen LogP contribution in [-0.4, -0.2) is 42.7 Å². The number of nitrogens with zero attached hydrogens (tertiary/aromatic N) is 1. The maximum absolute atomic E-state index is 11.7. The Morgan fingerprint density at radius 2 is 1.75 bits per heavy atom. The van der Waals surface area contributed by atoms with Gasteiger partial charge in [-0.25, -0.2) is 8.42 Å². The van der Waals surface area contributed by atoms with Gasteiger partial charge >= 0.3 is 0 Å². The Kier molecular flexibility index (Phi) is 6.28. The van der Waals surface area contributed by atoms with Crippen molar-refractivity contribution in [3.8, 4) is 22.4 Å². The number of rotatable bonds is 8. The number of aliphatic hydroxyl groups is 1. The highest BCUT2D eigenvalue weighted by Crippen LogP contribution is 2.34. The van der Waals surface area contributed by atoms with E-state index in [2.05, 4.69) is 10.2 Å². The largest absolute Gasteiger partial charge is 0.393 e. The van der Waals surface area contributed by atoms with Crippen molar-refractivity contribution in [2.24, 2.45) is 0 Å². The third-order valence-corrected chi connectivity index (χ3v) is 5.52. The van der Waals surface area contributed by atoms with E-state index in [-0.39, 0.29) is 4.90 Å². The molecule has 1 aromatic heterocycles. The molecule has 0 radical (unpaired) electrons. The summed E-state index contributed by atoms with van der Waals surface area (Å²) < 4.78 is 29.1. The van der Waals surface area contributed by atoms with E-state index in [4.69, 9.17) is 4.74 Å². The van der Waals surface area contributed by atoms with Gasteiger partial charge in [-0.15, -0.1) is 0 Å².